The van der Waals surface area contributed by atoms with Crippen LogP contribution in [0.15, 0.2) is 0 Å². The maximum atomic E-state index is 11.0. The second kappa shape index (κ2) is 3.03. The molecule has 4 heteroatoms. The molecule has 2 fully saturated rings. The van der Waals surface area contributed by atoms with Crippen molar-refractivity contribution in [3.8, 4) is 0 Å². The van der Waals surface area contributed by atoms with Gasteiger partial charge in [0, 0.05) is 19.4 Å². The molecular weight excluding hydrogens is 156 g/mol. The predicted octanol–water partition coefficient (Wildman–Crippen LogP) is -0.745. The number of carbonyl (C=O) groups excluding carboxylic acids is 1. The maximum Gasteiger partial charge on any atom is 0.320 e. The summed E-state index contributed by atoms with van der Waals surface area (Å²) in [4.78, 5) is 11.0. The lowest BCUT2D eigenvalue weighted by molar-refractivity contribution is -0.167. The fraction of sp³-hybridized carbons (Fsp3) is 0.875. The van der Waals surface area contributed by atoms with Gasteiger partial charge in [-0.2, -0.15) is 0 Å². The summed E-state index contributed by atoms with van der Waals surface area (Å²) in [6.07, 6.45) is 1.87. The van der Waals surface area contributed by atoms with Crippen molar-refractivity contribution in [2.24, 2.45) is 0 Å². The topological polar surface area (TPSA) is 50.4 Å². The Morgan fingerprint density at radius 2 is 2.00 bits per heavy atom. The van der Waals surface area contributed by atoms with Crippen LogP contribution in [0.1, 0.15) is 12.8 Å². The van der Waals surface area contributed by atoms with E-state index in [2.05, 4.69) is 10.6 Å². The van der Waals surface area contributed by atoms with E-state index in [1.54, 1.807) is 0 Å². The molecule has 2 saturated heterocycles. The van der Waals surface area contributed by atoms with E-state index in [1.807, 2.05) is 0 Å². The first-order valence-corrected chi connectivity index (χ1v) is 4.44. The van der Waals surface area contributed by atoms with E-state index < -0.39 is 0 Å². The number of carbonyl (C=O) groups is 1. The van der Waals surface area contributed by atoms with Crippen LogP contribution in [-0.4, -0.2) is 37.7 Å². The molecule has 0 radical (unpaired) electrons. The molecule has 2 rings (SSSR count). The highest BCUT2D eigenvalue weighted by molar-refractivity contribution is 5.73. The first-order valence-electron chi connectivity index (χ1n) is 4.44. The molecule has 0 saturated carbocycles. The largest absolute Gasteiger partial charge is 0.457 e. The summed E-state index contributed by atoms with van der Waals surface area (Å²) in [5.41, 5.74) is -0.194. The zero-order chi connectivity index (χ0) is 8.44. The lowest BCUT2D eigenvalue weighted by atomic mass is 9.91. The number of piperidine rings is 1. The minimum absolute atomic E-state index is 0.108. The molecule has 2 aliphatic heterocycles. The molecule has 68 valence electrons. The number of morpholine rings is 1. The number of esters is 1. The number of nitrogens with one attached hydrogen (secondary N) is 2. The average Bonchev–Trinajstić information content (AvgIpc) is 2.05. The van der Waals surface area contributed by atoms with Crippen molar-refractivity contribution in [1.82, 2.24) is 10.6 Å². The van der Waals surface area contributed by atoms with Crippen LogP contribution in [0.3, 0.4) is 0 Å². The van der Waals surface area contributed by atoms with Crippen LogP contribution in [0.25, 0.3) is 0 Å². The third kappa shape index (κ3) is 1.44. The van der Waals surface area contributed by atoms with Gasteiger partial charge < -0.3 is 15.4 Å². The summed E-state index contributed by atoms with van der Waals surface area (Å²) in [6.45, 7) is 3.10. The molecule has 2 heterocycles. The van der Waals surface area contributed by atoms with E-state index in [0.29, 0.717) is 6.54 Å². The highest BCUT2D eigenvalue weighted by Crippen LogP contribution is 2.24. The van der Waals surface area contributed by atoms with E-state index >= 15 is 0 Å². The molecule has 1 spiro atoms. The second-order valence-corrected chi connectivity index (χ2v) is 3.51. The van der Waals surface area contributed by atoms with Gasteiger partial charge in [-0.15, -0.1) is 0 Å². The molecule has 2 aliphatic rings. The SMILES string of the molecule is O=C1CNCC2(CCNCC2)O1. The quantitative estimate of drug-likeness (QED) is 0.470. The van der Waals surface area contributed by atoms with Crippen LogP contribution in [0.4, 0.5) is 0 Å². The number of hydrogen-bond donors (Lipinski definition) is 2. The van der Waals surface area contributed by atoms with Crippen LogP contribution in [0, 0.1) is 0 Å². The Bertz CT molecular complexity index is 182. The summed E-state index contributed by atoms with van der Waals surface area (Å²) >= 11 is 0. The van der Waals surface area contributed by atoms with Crippen LogP contribution in [-0.2, 0) is 9.53 Å². The predicted molar refractivity (Wildman–Crippen MR) is 43.8 cm³/mol. The molecule has 12 heavy (non-hydrogen) atoms. The van der Waals surface area contributed by atoms with Gasteiger partial charge in [0.25, 0.3) is 0 Å². The third-order valence-electron chi connectivity index (χ3n) is 2.56. The van der Waals surface area contributed by atoms with Crippen molar-refractivity contribution >= 4 is 5.97 Å². The molecular formula is C8H14N2O2. The number of hydrogen-bond acceptors (Lipinski definition) is 4. The standard InChI is InChI=1S/C8H14N2O2/c11-7-5-10-6-8(12-7)1-3-9-4-2-8/h9-10H,1-6H2. The normalized spacial score (nSPS) is 28.5. The summed E-state index contributed by atoms with van der Waals surface area (Å²) in [7, 11) is 0. The zero-order valence-electron chi connectivity index (χ0n) is 7.06. The van der Waals surface area contributed by atoms with Gasteiger partial charge >= 0.3 is 5.97 Å². The first-order chi connectivity index (χ1) is 5.81. The van der Waals surface area contributed by atoms with Gasteiger partial charge in [0.1, 0.15) is 5.60 Å². The Kier molecular flexibility index (Phi) is 2.02. The van der Waals surface area contributed by atoms with Crippen molar-refractivity contribution in [1.29, 1.82) is 0 Å². The molecule has 0 amide bonds. The minimum atomic E-state index is -0.194. The van der Waals surface area contributed by atoms with Gasteiger partial charge in [-0.3, -0.25) is 4.79 Å². The molecule has 0 aliphatic carbocycles. The molecule has 0 aromatic carbocycles. The lowest BCUT2D eigenvalue weighted by Gasteiger charge is -2.39. The molecule has 0 aromatic heterocycles. The monoisotopic (exact) mass is 170 g/mol. The summed E-state index contributed by atoms with van der Waals surface area (Å²) < 4.78 is 5.37. The molecule has 0 aromatic rings. The fourth-order valence-corrected chi connectivity index (χ4v) is 1.87. The van der Waals surface area contributed by atoms with E-state index in [-0.39, 0.29) is 11.6 Å². The van der Waals surface area contributed by atoms with Crippen LogP contribution in [0.2, 0.25) is 0 Å². The second-order valence-electron chi connectivity index (χ2n) is 3.51. The van der Waals surface area contributed by atoms with Crippen molar-refractivity contribution in [3.05, 3.63) is 0 Å². The third-order valence-corrected chi connectivity index (χ3v) is 2.56. The summed E-state index contributed by atoms with van der Waals surface area (Å²) in [5, 5.41) is 6.34. The maximum absolute atomic E-state index is 11.0. The fourth-order valence-electron chi connectivity index (χ4n) is 1.87. The first kappa shape index (κ1) is 8.01. The van der Waals surface area contributed by atoms with E-state index in [0.717, 1.165) is 32.5 Å². The molecule has 0 unspecified atom stereocenters. The summed E-state index contributed by atoms with van der Waals surface area (Å²) in [5.74, 6) is -0.108. The smallest absolute Gasteiger partial charge is 0.320 e. The Morgan fingerprint density at radius 1 is 1.25 bits per heavy atom. The minimum Gasteiger partial charge on any atom is -0.457 e. The number of rotatable bonds is 0. The highest BCUT2D eigenvalue weighted by atomic mass is 16.6. The van der Waals surface area contributed by atoms with Crippen molar-refractivity contribution in [2.75, 3.05) is 26.2 Å². The van der Waals surface area contributed by atoms with Gasteiger partial charge in [-0.1, -0.05) is 0 Å². The van der Waals surface area contributed by atoms with Crippen LogP contribution < -0.4 is 10.6 Å². The van der Waals surface area contributed by atoms with Gasteiger partial charge in [0.2, 0.25) is 0 Å². The average molecular weight is 170 g/mol. The van der Waals surface area contributed by atoms with Gasteiger partial charge in [0.05, 0.1) is 6.54 Å². The molecule has 4 nitrogen and oxygen atoms in total. The van der Waals surface area contributed by atoms with Crippen LogP contribution in [0.5, 0.6) is 0 Å². The summed E-state index contributed by atoms with van der Waals surface area (Å²) in [6, 6.07) is 0. The van der Waals surface area contributed by atoms with Crippen LogP contribution >= 0.6 is 0 Å². The Hall–Kier alpha value is -0.610. The number of ether oxygens (including phenoxy) is 1. The van der Waals surface area contributed by atoms with Crippen molar-refractivity contribution < 1.29 is 9.53 Å². The molecule has 0 bridgehead atoms. The van der Waals surface area contributed by atoms with Gasteiger partial charge in [-0.05, 0) is 13.1 Å². The molecule has 0 atom stereocenters. The molecule has 2 N–H and O–H groups in total. The van der Waals surface area contributed by atoms with E-state index in [4.69, 9.17) is 4.74 Å². The Morgan fingerprint density at radius 3 is 2.67 bits per heavy atom. The van der Waals surface area contributed by atoms with E-state index in [9.17, 15) is 4.79 Å². The van der Waals surface area contributed by atoms with Crippen molar-refractivity contribution in [2.45, 2.75) is 18.4 Å². The van der Waals surface area contributed by atoms with Gasteiger partial charge in [0.15, 0.2) is 0 Å². The Labute approximate surface area is 71.7 Å². The zero-order valence-corrected chi connectivity index (χ0v) is 7.06. The highest BCUT2D eigenvalue weighted by Gasteiger charge is 2.38. The van der Waals surface area contributed by atoms with Gasteiger partial charge in [-0.25, -0.2) is 0 Å². The van der Waals surface area contributed by atoms with Crippen molar-refractivity contribution in [3.63, 3.8) is 0 Å². The lowest BCUT2D eigenvalue weighted by Crippen LogP contribution is -2.56. The van der Waals surface area contributed by atoms with E-state index in [1.165, 1.54) is 0 Å². The Balaban J connectivity index is 2.02.